The molecule has 0 bridgehead atoms. The molecular formula is C11H13FN4O. The zero-order chi connectivity index (χ0) is 12.3. The third-order valence-electron chi connectivity index (χ3n) is 2.35. The highest BCUT2D eigenvalue weighted by Crippen LogP contribution is 2.28. The Bertz CT molecular complexity index is 498. The highest BCUT2D eigenvalue weighted by molar-refractivity contribution is 5.68. The quantitative estimate of drug-likeness (QED) is 0.707. The predicted octanol–water partition coefficient (Wildman–Crippen LogP) is 1.75. The molecule has 2 rings (SSSR count). The maximum Gasteiger partial charge on any atom is 0.167 e. The summed E-state index contributed by atoms with van der Waals surface area (Å²) < 4.78 is 18.2. The van der Waals surface area contributed by atoms with Gasteiger partial charge in [-0.3, -0.25) is 0 Å². The Kier molecular flexibility index (Phi) is 3.13. The minimum atomic E-state index is -0.475. The molecule has 0 spiro atoms. The number of halogens is 1. The number of methoxy groups -OCH3 is 1. The summed E-state index contributed by atoms with van der Waals surface area (Å²) in [4.78, 5) is 6.84. The van der Waals surface area contributed by atoms with Gasteiger partial charge >= 0.3 is 0 Å². The molecule has 2 aromatic rings. The molecule has 0 unspecified atom stereocenters. The zero-order valence-electron chi connectivity index (χ0n) is 9.33. The van der Waals surface area contributed by atoms with Crippen molar-refractivity contribution in [3.63, 3.8) is 0 Å². The number of benzene rings is 1. The number of ether oxygens (including phenoxy) is 1. The molecule has 1 aromatic heterocycles. The van der Waals surface area contributed by atoms with Crippen molar-refractivity contribution in [2.75, 3.05) is 18.2 Å². The van der Waals surface area contributed by atoms with Gasteiger partial charge in [-0.15, -0.1) is 0 Å². The number of hydrogen-bond donors (Lipinski definition) is 3. The maximum atomic E-state index is 13.3. The van der Waals surface area contributed by atoms with Crippen LogP contribution in [0.15, 0.2) is 24.7 Å². The summed E-state index contributed by atoms with van der Waals surface area (Å²) in [5, 5.41) is 3.07. The molecule has 1 aromatic carbocycles. The van der Waals surface area contributed by atoms with Crippen LogP contribution in [0.5, 0.6) is 5.75 Å². The Morgan fingerprint density at radius 1 is 1.53 bits per heavy atom. The van der Waals surface area contributed by atoms with E-state index in [1.807, 2.05) is 0 Å². The minimum Gasteiger partial charge on any atom is -0.494 e. The second-order valence-electron chi connectivity index (χ2n) is 3.50. The van der Waals surface area contributed by atoms with Crippen LogP contribution in [0.2, 0.25) is 0 Å². The predicted molar refractivity (Wildman–Crippen MR) is 63.3 cm³/mol. The summed E-state index contributed by atoms with van der Waals surface area (Å²) in [6.07, 6.45) is 3.29. The Labute approximate surface area is 97.8 Å². The SMILES string of the molecule is COc1cc(NCc2cnc[nH]2)c(N)cc1F. The largest absolute Gasteiger partial charge is 0.494 e. The van der Waals surface area contributed by atoms with Crippen LogP contribution in [0, 0.1) is 5.82 Å². The van der Waals surface area contributed by atoms with Gasteiger partial charge in [-0.05, 0) is 0 Å². The van der Waals surface area contributed by atoms with Crippen LogP contribution in [-0.4, -0.2) is 17.1 Å². The topological polar surface area (TPSA) is 76.0 Å². The molecule has 0 saturated carbocycles. The molecule has 0 aliphatic rings. The first-order valence-corrected chi connectivity index (χ1v) is 5.05. The van der Waals surface area contributed by atoms with Crippen molar-refractivity contribution in [1.82, 2.24) is 9.97 Å². The third-order valence-corrected chi connectivity index (χ3v) is 2.35. The van der Waals surface area contributed by atoms with Gasteiger partial charge in [0, 0.05) is 18.3 Å². The van der Waals surface area contributed by atoms with Crippen molar-refractivity contribution in [3.8, 4) is 5.75 Å². The summed E-state index contributed by atoms with van der Waals surface area (Å²) >= 11 is 0. The average molecular weight is 236 g/mol. The number of H-pyrrole nitrogens is 1. The van der Waals surface area contributed by atoms with Crippen molar-refractivity contribution < 1.29 is 9.13 Å². The lowest BCUT2D eigenvalue weighted by Crippen LogP contribution is -2.04. The number of imidazole rings is 1. The van der Waals surface area contributed by atoms with Gasteiger partial charge in [0.25, 0.3) is 0 Å². The highest BCUT2D eigenvalue weighted by atomic mass is 19.1. The second kappa shape index (κ2) is 4.73. The summed E-state index contributed by atoms with van der Waals surface area (Å²) in [5.41, 5.74) is 7.57. The first kappa shape index (κ1) is 11.3. The van der Waals surface area contributed by atoms with Crippen LogP contribution in [0.4, 0.5) is 15.8 Å². The van der Waals surface area contributed by atoms with Gasteiger partial charge in [0.05, 0.1) is 37.1 Å². The normalized spacial score (nSPS) is 10.2. The second-order valence-corrected chi connectivity index (χ2v) is 3.50. The molecule has 17 heavy (non-hydrogen) atoms. The van der Waals surface area contributed by atoms with Crippen LogP contribution < -0.4 is 15.8 Å². The van der Waals surface area contributed by atoms with E-state index in [9.17, 15) is 4.39 Å². The number of hydrogen-bond acceptors (Lipinski definition) is 4. The smallest absolute Gasteiger partial charge is 0.167 e. The van der Waals surface area contributed by atoms with Gasteiger partial charge in [-0.25, -0.2) is 9.37 Å². The average Bonchev–Trinajstić information content (AvgIpc) is 2.81. The summed E-state index contributed by atoms with van der Waals surface area (Å²) in [6.45, 7) is 0.527. The number of aromatic amines is 1. The van der Waals surface area contributed by atoms with Gasteiger partial charge in [0.2, 0.25) is 0 Å². The molecule has 0 aliphatic carbocycles. The molecule has 0 fully saturated rings. The fraction of sp³-hybridized carbons (Fsp3) is 0.182. The van der Waals surface area contributed by atoms with E-state index in [1.165, 1.54) is 19.2 Å². The molecule has 5 nitrogen and oxygen atoms in total. The molecule has 0 amide bonds. The standard InChI is InChI=1S/C11H13FN4O/c1-17-11-3-10(9(13)2-8(11)12)15-5-7-4-14-6-16-7/h2-4,6,15H,5,13H2,1H3,(H,14,16). The molecule has 6 heteroatoms. The van der Waals surface area contributed by atoms with Crippen molar-refractivity contribution in [3.05, 3.63) is 36.2 Å². The first-order chi connectivity index (χ1) is 8.20. The molecule has 0 saturated heterocycles. The molecule has 4 N–H and O–H groups in total. The number of rotatable bonds is 4. The fourth-order valence-electron chi connectivity index (χ4n) is 1.45. The molecule has 0 atom stereocenters. The number of nitrogen functional groups attached to an aromatic ring is 1. The van der Waals surface area contributed by atoms with Gasteiger partial charge in [-0.1, -0.05) is 0 Å². The molecule has 0 aliphatic heterocycles. The number of aromatic nitrogens is 2. The molecule has 0 radical (unpaired) electrons. The van der Waals surface area contributed by atoms with E-state index in [-0.39, 0.29) is 5.75 Å². The van der Waals surface area contributed by atoms with Gasteiger partial charge < -0.3 is 20.8 Å². The van der Waals surface area contributed by atoms with Crippen molar-refractivity contribution >= 4 is 11.4 Å². The van der Waals surface area contributed by atoms with Crippen LogP contribution >= 0.6 is 0 Å². The number of nitrogens with zero attached hydrogens (tertiary/aromatic N) is 1. The summed E-state index contributed by atoms with van der Waals surface area (Å²) in [7, 11) is 1.41. The van der Waals surface area contributed by atoms with E-state index in [1.54, 1.807) is 12.5 Å². The van der Waals surface area contributed by atoms with E-state index in [0.717, 1.165) is 5.69 Å². The number of nitrogens with two attached hydrogens (primary N) is 1. The lowest BCUT2D eigenvalue weighted by atomic mass is 10.2. The van der Waals surface area contributed by atoms with E-state index >= 15 is 0 Å². The van der Waals surface area contributed by atoms with Gasteiger partial charge in [0.1, 0.15) is 0 Å². The van der Waals surface area contributed by atoms with Crippen molar-refractivity contribution in [2.45, 2.75) is 6.54 Å². The Balaban J connectivity index is 2.15. The fourth-order valence-corrected chi connectivity index (χ4v) is 1.45. The zero-order valence-corrected chi connectivity index (χ0v) is 9.33. The van der Waals surface area contributed by atoms with Gasteiger partial charge in [0.15, 0.2) is 11.6 Å². The highest BCUT2D eigenvalue weighted by Gasteiger charge is 2.08. The summed E-state index contributed by atoms with van der Waals surface area (Å²) in [6, 6.07) is 2.76. The number of nitrogens with one attached hydrogen (secondary N) is 2. The molecule has 1 heterocycles. The van der Waals surface area contributed by atoms with Gasteiger partial charge in [-0.2, -0.15) is 0 Å². The van der Waals surface area contributed by atoms with E-state index in [0.29, 0.717) is 17.9 Å². The van der Waals surface area contributed by atoms with Crippen molar-refractivity contribution in [1.29, 1.82) is 0 Å². The minimum absolute atomic E-state index is 0.159. The Morgan fingerprint density at radius 2 is 2.35 bits per heavy atom. The van der Waals surface area contributed by atoms with Crippen LogP contribution in [-0.2, 0) is 6.54 Å². The monoisotopic (exact) mass is 236 g/mol. The third kappa shape index (κ3) is 2.47. The Morgan fingerprint density at radius 3 is 3.00 bits per heavy atom. The first-order valence-electron chi connectivity index (χ1n) is 5.05. The van der Waals surface area contributed by atoms with Crippen LogP contribution in [0.1, 0.15) is 5.69 Å². The Hall–Kier alpha value is -2.24. The lowest BCUT2D eigenvalue weighted by Gasteiger charge is -2.11. The maximum absolute atomic E-state index is 13.3. The van der Waals surface area contributed by atoms with Crippen molar-refractivity contribution in [2.24, 2.45) is 0 Å². The molecule has 90 valence electrons. The van der Waals surface area contributed by atoms with E-state index < -0.39 is 5.82 Å². The number of anilines is 2. The summed E-state index contributed by atoms with van der Waals surface area (Å²) in [5.74, 6) is -0.316. The van der Waals surface area contributed by atoms with E-state index in [2.05, 4.69) is 15.3 Å². The van der Waals surface area contributed by atoms with E-state index in [4.69, 9.17) is 10.5 Å². The van der Waals surface area contributed by atoms with Crippen LogP contribution in [0.3, 0.4) is 0 Å². The lowest BCUT2D eigenvalue weighted by molar-refractivity contribution is 0.387. The molecular weight excluding hydrogens is 223 g/mol. The van der Waals surface area contributed by atoms with Crippen LogP contribution in [0.25, 0.3) is 0 Å².